The van der Waals surface area contributed by atoms with Crippen LogP contribution in [0.3, 0.4) is 0 Å². The molecule has 0 amide bonds. The van der Waals surface area contributed by atoms with E-state index in [0.29, 0.717) is 17.8 Å². The molecule has 88 valence electrons. The molecule has 1 aliphatic carbocycles. The molecular formula is C13H19NO2. The Labute approximate surface area is 96.1 Å². The Morgan fingerprint density at radius 1 is 1.31 bits per heavy atom. The Balaban J connectivity index is 1.96. The van der Waals surface area contributed by atoms with E-state index < -0.39 is 0 Å². The summed E-state index contributed by atoms with van der Waals surface area (Å²) >= 11 is 0. The standard InChI is InChI=1S/C13H19NO2/c1-2-13(14-10-7-12(16)8-10)9-3-5-11(15)6-4-9/h3-6,10,12-16H,2,7-8H2,1H3. The van der Waals surface area contributed by atoms with Gasteiger partial charge in [-0.1, -0.05) is 19.1 Å². The van der Waals surface area contributed by atoms with Crippen LogP contribution in [0.2, 0.25) is 0 Å². The van der Waals surface area contributed by atoms with Crippen molar-refractivity contribution in [3.63, 3.8) is 0 Å². The predicted molar refractivity (Wildman–Crippen MR) is 63.3 cm³/mol. The minimum atomic E-state index is -0.116. The summed E-state index contributed by atoms with van der Waals surface area (Å²) in [6.45, 7) is 2.14. The number of phenols is 1. The number of benzene rings is 1. The molecule has 3 N–H and O–H groups in total. The SMILES string of the molecule is CCC(NC1CC(O)C1)c1ccc(O)cc1. The zero-order valence-corrected chi connectivity index (χ0v) is 9.56. The molecule has 0 radical (unpaired) electrons. The fourth-order valence-electron chi connectivity index (χ4n) is 2.16. The number of aliphatic hydroxyl groups excluding tert-OH is 1. The van der Waals surface area contributed by atoms with Gasteiger partial charge in [0.05, 0.1) is 6.10 Å². The van der Waals surface area contributed by atoms with Crippen molar-refractivity contribution >= 4 is 0 Å². The summed E-state index contributed by atoms with van der Waals surface area (Å²) < 4.78 is 0. The van der Waals surface area contributed by atoms with Gasteiger partial charge in [0.15, 0.2) is 0 Å². The lowest BCUT2D eigenvalue weighted by Gasteiger charge is -2.35. The first-order valence-electron chi connectivity index (χ1n) is 5.92. The highest BCUT2D eigenvalue weighted by atomic mass is 16.3. The number of hydrogen-bond acceptors (Lipinski definition) is 3. The maximum atomic E-state index is 9.24. The van der Waals surface area contributed by atoms with Gasteiger partial charge in [-0.05, 0) is 37.0 Å². The van der Waals surface area contributed by atoms with Crippen molar-refractivity contribution in [2.75, 3.05) is 0 Å². The van der Waals surface area contributed by atoms with Crippen LogP contribution in [0.4, 0.5) is 0 Å². The monoisotopic (exact) mass is 221 g/mol. The highest BCUT2D eigenvalue weighted by Crippen LogP contribution is 2.26. The molecule has 1 aromatic rings. The second-order valence-corrected chi connectivity index (χ2v) is 4.54. The highest BCUT2D eigenvalue weighted by molar-refractivity contribution is 5.28. The van der Waals surface area contributed by atoms with Crippen molar-refractivity contribution in [3.05, 3.63) is 29.8 Å². The molecule has 0 aromatic heterocycles. The van der Waals surface area contributed by atoms with Gasteiger partial charge < -0.3 is 15.5 Å². The number of phenolic OH excluding ortho intramolecular Hbond substituents is 1. The molecule has 3 nitrogen and oxygen atoms in total. The zero-order chi connectivity index (χ0) is 11.5. The fraction of sp³-hybridized carbons (Fsp3) is 0.538. The first-order valence-corrected chi connectivity index (χ1v) is 5.92. The Morgan fingerprint density at radius 3 is 2.44 bits per heavy atom. The summed E-state index contributed by atoms with van der Waals surface area (Å²) in [7, 11) is 0. The maximum absolute atomic E-state index is 9.24. The van der Waals surface area contributed by atoms with Gasteiger partial charge in [0.1, 0.15) is 5.75 Å². The molecule has 3 heteroatoms. The minimum Gasteiger partial charge on any atom is -0.508 e. The third-order valence-corrected chi connectivity index (χ3v) is 3.25. The molecule has 1 unspecified atom stereocenters. The van der Waals surface area contributed by atoms with Crippen LogP contribution >= 0.6 is 0 Å². The lowest BCUT2D eigenvalue weighted by atomic mass is 9.88. The van der Waals surface area contributed by atoms with Gasteiger partial charge >= 0.3 is 0 Å². The number of hydrogen-bond donors (Lipinski definition) is 3. The van der Waals surface area contributed by atoms with E-state index in [2.05, 4.69) is 12.2 Å². The number of aliphatic hydroxyl groups is 1. The zero-order valence-electron chi connectivity index (χ0n) is 9.56. The van der Waals surface area contributed by atoms with Crippen LogP contribution in [0.1, 0.15) is 37.8 Å². The van der Waals surface area contributed by atoms with Crippen LogP contribution in [-0.4, -0.2) is 22.4 Å². The van der Waals surface area contributed by atoms with E-state index in [1.807, 2.05) is 12.1 Å². The van der Waals surface area contributed by atoms with Gasteiger partial charge in [0, 0.05) is 12.1 Å². The predicted octanol–water partition coefficient (Wildman–Crippen LogP) is 1.96. The minimum absolute atomic E-state index is 0.116. The largest absolute Gasteiger partial charge is 0.508 e. The summed E-state index contributed by atoms with van der Waals surface area (Å²) in [6.07, 6.45) is 2.61. The molecule has 0 heterocycles. The van der Waals surface area contributed by atoms with Crippen molar-refractivity contribution in [2.45, 2.75) is 44.4 Å². The van der Waals surface area contributed by atoms with E-state index in [1.54, 1.807) is 12.1 Å². The first kappa shape index (κ1) is 11.4. The van der Waals surface area contributed by atoms with E-state index in [4.69, 9.17) is 0 Å². The maximum Gasteiger partial charge on any atom is 0.115 e. The Kier molecular flexibility index (Phi) is 3.46. The number of nitrogens with one attached hydrogen (secondary N) is 1. The summed E-state index contributed by atoms with van der Waals surface area (Å²) in [5, 5.41) is 22.0. The highest BCUT2D eigenvalue weighted by Gasteiger charge is 2.28. The quantitative estimate of drug-likeness (QED) is 0.728. The van der Waals surface area contributed by atoms with E-state index in [-0.39, 0.29) is 6.10 Å². The molecule has 16 heavy (non-hydrogen) atoms. The number of aromatic hydroxyl groups is 1. The summed E-state index contributed by atoms with van der Waals surface area (Å²) in [5.74, 6) is 0.303. The van der Waals surface area contributed by atoms with Crippen molar-refractivity contribution in [2.24, 2.45) is 0 Å². The molecule has 1 aliphatic rings. The Bertz CT molecular complexity index is 330. The molecule has 0 bridgehead atoms. The topological polar surface area (TPSA) is 52.5 Å². The van der Waals surface area contributed by atoms with Crippen molar-refractivity contribution in [1.82, 2.24) is 5.32 Å². The van der Waals surface area contributed by atoms with E-state index in [9.17, 15) is 10.2 Å². The van der Waals surface area contributed by atoms with Crippen LogP contribution < -0.4 is 5.32 Å². The van der Waals surface area contributed by atoms with Gasteiger partial charge in [-0.3, -0.25) is 0 Å². The normalized spacial score (nSPS) is 26.1. The summed E-state index contributed by atoms with van der Waals surface area (Å²) in [4.78, 5) is 0. The molecule has 0 aliphatic heterocycles. The fourth-order valence-corrected chi connectivity index (χ4v) is 2.16. The molecule has 0 spiro atoms. The lowest BCUT2D eigenvalue weighted by Crippen LogP contribution is -2.45. The third-order valence-electron chi connectivity index (χ3n) is 3.25. The molecule has 0 saturated heterocycles. The molecule has 1 fully saturated rings. The molecule has 1 saturated carbocycles. The van der Waals surface area contributed by atoms with Crippen LogP contribution in [0.25, 0.3) is 0 Å². The van der Waals surface area contributed by atoms with Crippen molar-refractivity contribution in [3.8, 4) is 5.75 Å². The molecule has 1 aromatic carbocycles. The van der Waals surface area contributed by atoms with Gasteiger partial charge in [-0.2, -0.15) is 0 Å². The first-order chi connectivity index (χ1) is 7.69. The molecule has 1 atom stereocenters. The third kappa shape index (κ3) is 2.54. The van der Waals surface area contributed by atoms with Crippen LogP contribution in [0.5, 0.6) is 5.75 Å². The smallest absolute Gasteiger partial charge is 0.115 e. The van der Waals surface area contributed by atoms with Gasteiger partial charge in [0.25, 0.3) is 0 Å². The van der Waals surface area contributed by atoms with E-state index in [1.165, 1.54) is 5.56 Å². The van der Waals surface area contributed by atoms with E-state index >= 15 is 0 Å². The van der Waals surface area contributed by atoms with Crippen LogP contribution in [-0.2, 0) is 0 Å². The van der Waals surface area contributed by atoms with Gasteiger partial charge in [-0.25, -0.2) is 0 Å². The van der Waals surface area contributed by atoms with Crippen LogP contribution in [0, 0.1) is 0 Å². The Morgan fingerprint density at radius 2 is 1.94 bits per heavy atom. The molecule has 2 rings (SSSR count). The van der Waals surface area contributed by atoms with Crippen molar-refractivity contribution < 1.29 is 10.2 Å². The average molecular weight is 221 g/mol. The van der Waals surface area contributed by atoms with E-state index in [0.717, 1.165) is 19.3 Å². The second kappa shape index (κ2) is 4.85. The number of rotatable bonds is 4. The van der Waals surface area contributed by atoms with Crippen LogP contribution in [0.15, 0.2) is 24.3 Å². The lowest BCUT2D eigenvalue weighted by molar-refractivity contribution is 0.0574. The van der Waals surface area contributed by atoms with Gasteiger partial charge in [-0.15, -0.1) is 0 Å². The second-order valence-electron chi connectivity index (χ2n) is 4.54. The molecular weight excluding hydrogens is 202 g/mol. The average Bonchev–Trinajstić information content (AvgIpc) is 2.24. The summed E-state index contributed by atoms with van der Waals surface area (Å²) in [5.41, 5.74) is 1.20. The van der Waals surface area contributed by atoms with Gasteiger partial charge in [0.2, 0.25) is 0 Å². The Hall–Kier alpha value is -1.06. The van der Waals surface area contributed by atoms with Crippen molar-refractivity contribution in [1.29, 1.82) is 0 Å². The summed E-state index contributed by atoms with van der Waals surface area (Å²) in [6, 6.07) is 8.09.